The maximum atomic E-state index is 12.1. The first-order valence-corrected chi connectivity index (χ1v) is 8.87. The molecule has 1 fully saturated rings. The lowest BCUT2D eigenvalue weighted by Crippen LogP contribution is -3.12. The molecule has 138 valence electrons. The molecule has 0 radical (unpaired) electrons. The van der Waals surface area contributed by atoms with E-state index in [4.69, 9.17) is 9.47 Å². The summed E-state index contributed by atoms with van der Waals surface area (Å²) in [4.78, 5) is 16.0. The standard InChI is InChI=1S/C20H25N3O3/c1-22-11-13-23(14-12-22)17-5-3-16(4-6-17)21-20(24)15-26-19-9-7-18(25-2)8-10-19/h3-10H,11-15H2,1-2H3,(H,21,24)/p+1. The highest BCUT2D eigenvalue weighted by Crippen LogP contribution is 2.19. The van der Waals surface area contributed by atoms with Crippen molar-refractivity contribution in [1.82, 2.24) is 0 Å². The quantitative estimate of drug-likeness (QED) is 0.812. The molecule has 0 aliphatic carbocycles. The summed E-state index contributed by atoms with van der Waals surface area (Å²) >= 11 is 0. The number of quaternary nitrogens is 1. The first-order valence-electron chi connectivity index (χ1n) is 8.87. The van der Waals surface area contributed by atoms with E-state index in [1.165, 1.54) is 5.69 Å². The molecule has 26 heavy (non-hydrogen) atoms. The van der Waals surface area contributed by atoms with Gasteiger partial charge in [0.15, 0.2) is 6.61 Å². The summed E-state index contributed by atoms with van der Waals surface area (Å²) in [6, 6.07) is 15.1. The van der Waals surface area contributed by atoms with Crippen LogP contribution in [-0.4, -0.2) is 52.9 Å². The van der Waals surface area contributed by atoms with Crippen molar-refractivity contribution in [3.63, 3.8) is 0 Å². The van der Waals surface area contributed by atoms with E-state index in [0.29, 0.717) is 5.75 Å². The Labute approximate surface area is 154 Å². The fourth-order valence-corrected chi connectivity index (χ4v) is 2.92. The van der Waals surface area contributed by atoms with E-state index < -0.39 is 0 Å². The van der Waals surface area contributed by atoms with Crippen molar-refractivity contribution < 1.29 is 19.2 Å². The van der Waals surface area contributed by atoms with Crippen LogP contribution in [0.25, 0.3) is 0 Å². The Kier molecular flexibility index (Phi) is 5.96. The summed E-state index contributed by atoms with van der Waals surface area (Å²) < 4.78 is 10.6. The molecular weight excluding hydrogens is 330 g/mol. The van der Waals surface area contributed by atoms with Crippen LogP contribution in [-0.2, 0) is 4.79 Å². The van der Waals surface area contributed by atoms with Gasteiger partial charge in [0.05, 0.1) is 40.3 Å². The van der Waals surface area contributed by atoms with Gasteiger partial charge in [-0.3, -0.25) is 4.79 Å². The number of benzene rings is 2. The van der Waals surface area contributed by atoms with Crippen LogP contribution in [0.4, 0.5) is 11.4 Å². The molecule has 0 aromatic heterocycles. The normalized spacial score (nSPS) is 14.8. The van der Waals surface area contributed by atoms with Crippen molar-refractivity contribution in [2.45, 2.75) is 0 Å². The van der Waals surface area contributed by atoms with Crippen molar-refractivity contribution in [2.24, 2.45) is 0 Å². The summed E-state index contributed by atoms with van der Waals surface area (Å²) in [7, 11) is 3.84. The van der Waals surface area contributed by atoms with Crippen LogP contribution >= 0.6 is 0 Å². The second kappa shape index (κ2) is 8.58. The molecule has 1 aliphatic heterocycles. The monoisotopic (exact) mass is 356 g/mol. The smallest absolute Gasteiger partial charge is 0.262 e. The van der Waals surface area contributed by atoms with Gasteiger partial charge in [-0.05, 0) is 48.5 Å². The molecule has 3 rings (SSSR count). The zero-order chi connectivity index (χ0) is 18.4. The molecular formula is C20H26N3O3+. The molecule has 0 spiro atoms. The minimum Gasteiger partial charge on any atom is -0.497 e. The number of ether oxygens (including phenoxy) is 2. The Hall–Kier alpha value is -2.73. The van der Waals surface area contributed by atoms with E-state index in [-0.39, 0.29) is 12.5 Å². The predicted molar refractivity (Wildman–Crippen MR) is 102 cm³/mol. The van der Waals surface area contributed by atoms with E-state index in [1.807, 2.05) is 12.1 Å². The molecule has 1 heterocycles. The van der Waals surface area contributed by atoms with E-state index >= 15 is 0 Å². The lowest BCUT2D eigenvalue weighted by molar-refractivity contribution is -0.880. The maximum Gasteiger partial charge on any atom is 0.262 e. The number of hydrogen-bond acceptors (Lipinski definition) is 4. The lowest BCUT2D eigenvalue weighted by Gasteiger charge is -2.31. The van der Waals surface area contributed by atoms with Crippen molar-refractivity contribution >= 4 is 17.3 Å². The summed E-state index contributed by atoms with van der Waals surface area (Å²) in [5.74, 6) is 1.20. The van der Waals surface area contributed by atoms with Gasteiger partial charge in [-0.2, -0.15) is 0 Å². The second-order valence-electron chi connectivity index (χ2n) is 6.50. The molecule has 0 bridgehead atoms. The molecule has 0 atom stereocenters. The maximum absolute atomic E-state index is 12.1. The van der Waals surface area contributed by atoms with Crippen LogP contribution in [0, 0.1) is 0 Å². The van der Waals surface area contributed by atoms with Gasteiger partial charge in [-0.25, -0.2) is 0 Å². The van der Waals surface area contributed by atoms with E-state index in [2.05, 4.69) is 29.4 Å². The van der Waals surface area contributed by atoms with Crippen molar-refractivity contribution in [1.29, 1.82) is 0 Å². The van der Waals surface area contributed by atoms with Crippen LogP contribution < -0.4 is 24.6 Å². The average Bonchev–Trinajstić information content (AvgIpc) is 2.68. The SMILES string of the molecule is COc1ccc(OCC(=O)Nc2ccc(N3CC[NH+](C)CC3)cc2)cc1. The van der Waals surface area contributed by atoms with Gasteiger partial charge in [0.1, 0.15) is 11.5 Å². The van der Waals surface area contributed by atoms with Gasteiger partial charge in [0, 0.05) is 11.4 Å². The topological polar surface area (TPSA) is 55.2 Å². The largest absolute Gasteiger partial charge is 0.497 e. The molecule has 2 aromatic carbocycles. The number of amides is 1. The molecule has 6 heteroatoms. The highest BCUT2D eigenvalue weighted by molar-refractivity contribution is 5.92. The van der Waals surface area contributed by atoms with Crippen molar-refractivity contribution in [3.8, 4) is 11.5 Å². The average molecular weight is 356 g/mol. The third kappa shape index (κ3) is 4.89. The lowest BCUT2D eigenvalue weighted by atomic mass is 10.2. The molecule has 1 amide bonds. The molecule has 0 saturated carbocycles. The second-order valence-corrected chi connectivity index (χ2v) is 6.50. The summed E-state index contributed by atoms with van der Waals surface area (Å²) in [6.45, 7) is 4.40. The number of carbonyl (C=O) groups is 1. The van der Waals surface area contributed by atoms with Crippen LogP contribution in [0.3, 0.4) is 0 Å². The van der Waals surface area contributed by atoms with E-state index in [9.17, 15) is 4.79 Å². The molecule has 1 saturated heterocycles. The first kappa shape index (κ1) is 18.1. The van der Waals surface area contributed by atoms with Crippen LogP contribution in [0.2, 0.25) is 0 Å². The van der Waals surface area contributed by atoms with Gasteiger partial charge < -0.3 is 24.6 Å². The number of likely N-dealkylation sites (N-methyl/N-ethyl adjacent to an activating group) is 1. The number of anilines is 2. The highest BCUT2D eigenvalue weighted by Gasteiger charge is 2.16. The van der Waals surface area contributed by atoms with Crippen LogP contribution in [0.5, 0.6) is 11.5 Å². The Balaban J connectivity index is 1.47. The minimum atomic E-state index is -0.184. The van der Waals surface area contributed by atoms with Gasteiger partial charge >= 0.3 is 0 Å². The highest BCUT2D eigenvalue weighted by atomic mass is 16.5. The zero-order valence-electron chi connectivity index (χ0n) is 15.3. The molecule has 0 unspecified atom stereocenters. The van der Waals surface area contributed by atoms with Gasteiger partial charge in [-0.15, -0.1) is 0 Å². The van der Waals surface area contributed by atoms with E-state index in [0.717, 1.165) is 37.6 Å². The zero-order valence-corrected chi connectivity index (χ0v) is 15.3. The summed E-state index contributed by atoms with van der Waals surface area (Å²) in [5, 5.41) is 2.86. The fourth-order valence-electron chi connectivity index (χ4n) is 2.92. The number of hydrogen-bond donors (Lipinski definition) is 2. The Morgan fingerprint density at radius 3 is 2.27 bits per heavy atom. The van der Waals surface area contributed by atoms with Gasteiger partial charge in [0.2, 0.25) is 0 Å². The number of carbonyl (C=O) groups excluding carboxylic acids is 1. The number of rotatable bonds is 6. The third-order valence-corrected chi connectivity index (χ3v) is 4.56. The number of methoxy groups -OCH3 is 1. The summed E-state index contributed by atoms with van der Waals surface area (Å²) in [6.07, 6.45) is 0. The van der Waals surface area contributed by atoms with Crippen LogP contribution in [0.15, 0.2) is 48.5 Å². The Bertz CT molecular complexity index is 708. The van der Waals surface area contributed by atoms with Crippen molar-refractivity contribution in [2.75, 3.05) is 57.2 Å². The summed E-state index contributed by atoms with van der Waals surface area (Å²) in [5.41, 5.74) is 1.97. The first-order chi connectivity index (χ1) is 12.6. The van der Waals surface area contributed by atoms with Gasteiger partial charge in [-0.1, -0.05) is 0 Å². The van der Waals surface area contributed by atoms with Gasteiger partial charge in [0.25, 0.3) is 5.91 Å². The van der Waals surface area contributed by atoms with E-state index in [1.54, 1.807) is 36.3 Å². The Morgan fingerprint density at radius 1 is 1.04 bits per heavy atom. The predicted octanol–water partition coefficient (Wildman–Crippen LogP) is 1.05. The number of nitrogens with one attached hydrogen (secondary N) is 2. The third-order valence-electron chi connectivity index (χ3n) is 4.56. The minimum absolute atomic E-state index is 0.0324. The molecule has 1 aliphatic rings. The molecule has 6 nitrogen and oxygen atoms in total. The number of nitrogens with zero attached hydrogens (tertiary/aromatic N) is 1. The van der Waals surface area contributed by atoms with Crippen molar-refractivity contribution in [3.05, 3.63) is 48.5 Å². The Morgan fingerprint density at radius 2 is 1.65 bits per heavy atom. The molecule has 2 aromatic rings. The number of piperazine rings is 1. The van der Waals surface area contributed by atoms with Crippen LogP contribution in [0.1, 0.15) is 0 Å². The fraction of sp³-hybridized carbons (Fsp3) is 0.350. The molecule has 2 N–H and O–H groups in total.